The summed E-state index contributed by atoms with van der Waals surface area (Å²) in [5.41, 5.74) is 4.16. The third kappa shape index (κ3) is 3.67. The molecule has 2 rings (SSSR count). The van der Waals surface area contributed by atoms with Crippen LogP contribution in [0.15, 0.2) is 46.9 Å². The fraction of sp³-hybridized carbons (Fsp3) is 0.188. The lowest BCUT2D eigenvalue weighted by Gasteiger charge is -2.09. The first-order valence-corrected chi connectivity index (χ1v) is 6.96. The molecule has 0 bridgehead atoms. The lowest BCUT2D eigenvalue weighted by atomic mass is 10.1. The molecule has 1 amide bonds. The van der Waals surface area contributed by atoms with E-state index in [1.165, 1.54) is 0 Å². The molecule has 0 radical (unpaired) electrons. The average Bonchev–Trinajstić information content (AvgIpc) is 2.36. The second kappa shape index (κ2) is 6.02. The lowest BCUT2D eigenvalue weighted by Crippen LogP contribution is -2.15. The van der Waals surface area contributed by atoms with Crippen LogP contribution in [0.4, 0.5) is 5.69 Å². The van der Waals surface area contributed by atoms with Gasteiger partial charge in [0.15, 0.2) is 0 Å². The van der Waals surface area contributed by atoms with Gasteiger partial charge in [0, 0.05) is 4.47 Å². The van der Waals surface area contributed by atoms with Gasteiger partial charge < -0.3 is 5.32 Å². The first-order chi connectivity index (χ1) is 9.06. The van der Waals surface area contributed by atoms with Crippen LogP contribution >= 0.6 is 15.9 Å². The van der Waals surface area contributed by atoms with Gasteiger partial charge >= 0.3 is 0 Å². The van der Waals surface area contributed by atoms with E-state index in [1.807, 2.05) is 56.3 Å². The summed E-state index contributed by atoms with van der Waals surface area (Å²) in [6.07, 6.45) is 0.396. The molecule has 0 heterocycles. The molecule has 0 aliphatic heterocycles. The molecule has 0 saturated heterocycles. The molecular formula is C16H16BrNO. The molecule has 3 heteroatoms. The summed E-state index contributed by atoms with van der Waals surface area (Å²) in [6.45, 7) is 4.04. The van der Waals surface area contributed by atoms with Crippen LogP contribution in [0.1, 0.15) is 16.7 Å². The summed E-state index contributed by atoms with van der Waals surface area (Å²) in [5.74, 6) is -0.00106. The Morgan fingerprint density at radius 2 is 1.89 bits per heavy atom. The van der Waals surface area contributed by atoms with Gasteiger partial charge in [0.1, 0.15) is 0 Å². The van der Waals surface area contributed by atoms with E-state index in [2.05, 4.69) is 21.2 Å². The SMILES string of the molecule is Cc1ccc(NC(=O)Cc2ccccc2C)c(Br)c1. The van der Waals surface area contributed by atoms with Gasteiger partial charge in [0.25, 0.3) is 0 Å². The topological polar surface area (TPSA) is 29.1 Å². The number of benzene rings is 2. The molecule has 2 aromatic rings. The molecule has 98 valence electrons. The van der Waals surface area contributed by atoms with E-state index in [-0.39, 0.29) is 5.91 Å². The Kier molecular flexibility index (Phi) is 4.38. The zero-order valence-electron chi connectivity index (χ0n) is 11.0. The zero-order chi connectivity index (χ0) is 13.8. The van der Waals surface area contributed by atoms with Crippen LogP contribution < -0.4 is 5.32 Å². The standard InChI is InChI=1S/C16H16BrNO/c1-11-7-8-15(14(17)9-11)18-16(19)10-13-6-4-3-5-12(13)2/h3-9H,10H2,1-2H3,(H,18,19). The molecule has 2 aromatic carbocycles. The number of rotatable bonds is 3. The number of hydrogen-bond acceptors (Lipinski definition) is 1. The summed E-state index contributed by atoms with van der Waals surface area (Å²) in [5, 5.41) is 2.93. The van der Waals surface area contributed by atoms with Crippen LogP contribution in [0.5, 0.6) is 0 Å². The van der Waals surface area contributed by atoms with Crippen molar-refractivity contribution in [1.82, 2.24) is 0 Å². The van der Waals surface area contributed by atoms with Crippen molar-refractivity contribution in [3.05, 3.63) is 63.6 Å². The maximum atomic E-state index is 12.0. The molecule has 0 spiro atoms. The van der Waals surface area contributed by atoms with Crippen LogP contribution in [-0.4, -0.2) is 5.91 Å². The first kappa shape index (κ1) is 13.8. The molecule has 0 aromatic heterocycles. The number of aryl methyl sites for hydroxylation is 2. The van der Waals surface area contributed by atoms with E-state index >= 15 is 0 Å². The first-order valence-electron chi connectivity index (χ1n) is 6.17. The van der Waals surface area contributed by atoms with Gasteiger partial charge in [0.05, 0.1) is 12.1 Å². The highest BCUT2D eigenvalue weighted by Crippen LogP contribution is 2.23. The highest BCUT2D eigenvalue weighted by atomic mass is 79.9. The normalized spacial score (nSPS) is 10.3. The van der Waals surface area contributed by atoms with Gasteiger partial charge in [-0.15, -0.1) is 0 Å². The number of nitrogens with one attached hydrogen (secondary N) is 1. The summed E-state index contributed by atoms with van der Waals surface area (Å²) in [6, 6.07) is 13.8. The van der Waals surface area contributed by atoms with Gasteiger partial charge in [-0.1, -0.05) is 30.3 Å². The zero-order valence-corrected chi connectivity index (χ0v) is 12.6. The van der Waals surface area contributed by atoms with Crippen molar-refractivity contribution in [3.8, 4) is 0 Å². The van der Waals surface area contributed by atoms with Crippen molar-refractivity contribution >= 4 is 27.5 Å². The van der Waals surface area contributed by atoms with Crippen LogP contribution in [0.3, 0.4) is 0 Å². The number of hydrogen-bond donors (Lipinski definition) is 1. The average molecular weight is 318 g/mol. The Bertz CT molecular complexity index is 607. The van der Waals surface area contributed by atoms with Crippen molar-refractivity contribution in [3.63, 3.8) is 0 Å². The Hall–Kier alpha value is -1.61. The molecule has 0 unspecified atom stereocenters. The Morgan fingerprint density at radius 3 is 2.58 bits per heavy atom. The second-order valence-corrected chi connectivity index (χ2v) is 5.49. The van der Waals surface area contributed by atoms with Crippen molar-refractivity contribution in [2.45, 2.75) is 20.3 Å². The van der Waals surface area contributed by atoms with Crippen molar-refractivity contribution in [2.75, 3.05) is 5.32 Å². The molecule has 19 heavy (non-hydrogen) atoms. The van der Waals surface area contributed by atoms with Crippen LogP contribution in [-0.2, 0) is 11.2 Å². The summed E-state index contributed by atoms with van der Waals surface area (Å²) >= 11 is 3.46. The van der Waals surface area contributed by atoms with Crippen LogP contribution in [0, 0.1) is 13.8 Å². The lowest BCUT2D eigenvalue weighted by molar-refractivity contribution is -0.115. The molecule has 1 N–H and O–H groups in total. The Morgan fingerprint density at radius 1 is 1.16 bits per heavy atom. The van der Waals surface area contributed by atoms with Gasteiger partial charge in [-0.3, -0.25) is 4.79 Å². The summed E-state index contributed by atoms with van der Waals surface area (Å²) in [4.78, 5) is 12.0. The third-order valence-electron chi connectivity index (χ3n) is 3.01. The van der Waals surface area contributed by atoms with E-state index in [1.54, 1.807) is 0 Å². The summed E-state index contributed by atoms with van der Waals surface area (Å²) < 4.78 is 0.908. The maximum absolute atomic E-state index is 12.0. The Labute approximate surface area is 122 Å². The molecule has 0 saturated carbocycles. The van der Waals surface area contributed by atoms with Gasteiger partial charge in [-0.2, -0.15) is 0 Å². The van der Waals surface area contributed by atoms with E-state index in [9.17, 15) is 4.79 Å². The van der Waals surface area contributed by atoms with Gasteiger partial charge in [0.2, 0.25) is 5.91 Å². The minimum absolute atomic E-state index is 0.00106. The highest BCUT2D eigenvalue weighted by molar-refractivity contribution is 9.10. The van der Waals surface area contributed by atoms with E-state index in [0.717, 1.165) is 26.9 Å². The minimum Gasteiger partial charge on any atom is -0.325 e. The predicted molar refractivity (Wildman–Crippen MR) is 82.4 cm³/mol. The quantitative estimate of drug-likeness (QED) is 0.901. The fourth-order valence-corrected chi connectivity index (χ4v) is 2.49. The highest BCUT2D eigenvalue weighted by Gasteiger charge is 2.08. The monoisotopic (exact) mass is 317 g/mol. The van der Waals surface area contributed by atoms with E-state index in [4.69, 9.17) is 0 Å². The van der Waals surface area contributed by atoms with Crippen molar-refractivity contribution in [1.29, 1.82) is 0 Å². The number of halogens is 1. The molecule has 0 atom stereocenters. The molecule has 2 nitrogen and oxygen atoms in total. The van der Waals surface area contributed by atoms with E-state index < -0.39 is 0 Å². The molecule has 0 aliphatic rings. The number of amides is 1. The third-order valence-corrected chi connectivity index (χ3v) is 3.67. The van der Waals surface area contributed by atoms with Crippen molar-refractivity contribution < 1.29 is 4.79 Å². The molecule has 0 aliphatic carbocycles. The van der Waals surface area contributed by atoms with Gasteiger partial charge in [-0.05, 0) is 58.6 Å². The molecule has 0 fully saturated rings. The van der Waals surface area contributed by atoms with E-state index in [0.29, 0.717) is 6.42 Å². The molecular weight excluding hydrogens is 302 g/mol. The predicted octanol–water partition coefficient (Wildman–Crippen LogP) is 4.25. The number of anilines is 1. The number of carbonyl (C=O) groups excluding carboxylic acids is 1. The number of carbonyl (C=O) groups is 1. The smallest absolute Gasteiger partial charge is 0.228 e. The summed E-state index contributed by atoms with van der Waals surface area (Å²) in [7, 11) is 0. The fourth-order valence-electron chi connectivity index (χ4n) is 1.90. The second-order valence-electron chi connectivity index (χ2n) is 4.63. The maximum Gasteiger partial charge on any atom is 0.228 e. The largest absolute Gasteiger partial charge is 0.325 e. The van der Waals surface area contributed by atoms with Crippen LogP contribution in [0.2, 0.25) is 0 Å². The van der Waals surface area contributed by atoms with Gasteiger partial charge in [-0.25, -0.2) is 0 Å². The van der Waals surface area contributed by atoms with Crippen LogP contribution in [0.25, 0.3) is 0 Å². The van der Waals surface area contributed by atoms with Crippen molar-refractivity contribution in [2.24, 2.45) is 0 Å². The Balaban J connectivity index is 2.08. The minimum atomic E-state index is -0.00106.